The second kappa shape index (κ2) is 6.95. The van der Waals surface area contributed by atoms with E-state index in [9.17, 15) is 0 Å². The van der Waals surface area contributed by atoms with Crippen LogP contribution in [0.15, 0.2) is 12.3 Å². The Kier molecular flexibility index (Phi) is 5.47. The molecule has 0 aliphatic carbocycles. The summed E-state index contributed by atoms with van der Waals surface area (Å²) in [5.74, 6) is 0.573. The first-order chi connectivity index (χ1) is 10.0. The zero-order valence-corrected chi connectivity index (χ0v) is 14.1. The fourth-order valence-electron chi connectivity index (χ4n) is 3.40. The van der Waals surface area contributed by atoms with Crippen LogP contribution in [0.2, 0.25) is 5.02 Å². The van der Waals surface area contributed by atoms with E-state index in [0.717, 1.165) is 31.6 Å². The number of rotatable bonds is 6. The van der Waals surface area contributed by atoms with Crippen molar-refractivity contribution in [1.29, 1.82) is 0 Å². The highest BCUT2D eigenvalue weighted by atomic mass is 35.5. The maximum absolute atomic E-state index is 6.15. The molecule has 2 unspecified atom stereocenters. The Labute approximate surface area is 133 Å². The van der Waals surface area contributed by atoms with E-state index < -0.39 is 0 Å². The molecular weight excluding hydrogens is 284 g/mol. The third kappa shape index (κ3) is 3.33. The Morgan fingerprint density at radius 2 is 2.10 bits per heavy atom. The van der Waals surface area contributed by atoms with Crippen LogP contribution in [0.5, 0.6) is 0 Å². The molecule has 4 nitrogen and oxygen atoms in total. The van der Waals surface area contributed by atoms with Gasteiger partial charge in [-0.1, -0.05) is 25.4 Å². The summed E-state index contributed by atoms with van der Waals surface area (Å²) in [4.78, 5) is 6.83. The number of aromatic nitrogens is 1. The average Bonchev–Trinajstić information content (AvgIpc) is 3.01. The Bertz CT molecular complexity index is 473. The number of pyridine rings is 1. The van der Waals surface area contributed by atoms with E-state index in [1.165, 1.54) is 12.8 Å². The highest BCUT2D eigenvalue weighted by Gasteiger charge is 2.40. The van der Waals surface area contributed by atoms with Crippen LogP contribution in [0.1, 0.15) is 51.6 Å². The summed E-state index contributed by atoms with van der Waals surface area (Å²) >= 11 is 6.15. The summed E-state index contributed by atoms with van der Waals surface area (Å²) in [6.45, 7) is 9.89. The van der Waals surface area contributed by atoms with Crippen molar-refractivity contribution in [2.24, 2.45) is 0 Å². The molecule has 2 rings (SSSR count). The van der Waals surface area contributed by atoms with Gasteiger partial charge in [-0.05, 0) is 51.9 Å². The molecule has 0 spiro atoms. The minimum Gasteiger partial charge on any atom is -0.383 e. The summed E-state index contributed by atoms with van der Waals surface area (Å²) < 4.78 is 0. The molecule has 1 aliphatic heterocycles. The van der Waals surface area contributed by atoms with Crippen molar-refractivity contribution in [3.8, 4) is 0 Å². The van der Waals surface area contributed by atoms with E-state index in [1.54, 1.807) is 6.20 Å². The smallest absolute Gasteiger partial charge is 0.128 e. The summed E-state index contributed by atoms with van der Waals surface area (Å²) in [6.07, 6.45) is 5.22. The van der Waals surface area contributed by atoms with E-state index in [0.29, 0.717) is 10.8 Å². The minimum absolute atomic E-state index is 0.0208. The summed E-state index contributed by atoms with van der Waals surface area (Å²) in [5, 5.41) is 4.26. The lowest BCUT2D eigenvalue weighted by Crippen LogP contribution is -2.53. The molecule has 0 aromatic carbocycles. The van der Waals surface area contributed by atoms with Gasteiger partial charge in [0.15, 0.2) is 0 Å². The van der Waals surface area contributed by atoms with Crippen LogP contribution < -0.4 is 11.1 Å². The van der Waals surface area contributed by atoms with Crippen LogP contribution in [0, 0.1) is 0 Å². The van der Waals surface area contributed by atoms with E-state index in [1.807, 2.05) is 6.07 Å². The molecule has 0 saturated carbocycles. The average molecular weight is 311 g/mol. The van der Waals surface area contributed by atoms with Crippen molar-refractivity contribution in [1.82, 2.24) is 15.2 Å². The molecule has 3 N–H and O–H groups in total. The number of nitrogen functional groups attached to an aromatic ring is 1. The first kappa shape index (κ1) is 16.5. The standard InChI is InChI=1S/C16H27ClN4/c1-4-16(3,21-8-6-7-9-21)14(19-5-2)13-10-12(17)11-20-15(13)18/h10-11,14,19H,4-9H2,1-3H3,(H2,18,20). The maximum Gasteiger partial charge on any atom is 0.128 e. The summed E-state index contributed by atoms with van der Waals surface area (Å²) in [7, 11) is 0. The van der Waals surface area contributed by atoms with Gasteiger partial charge in [0.1, 0.15) is 5.82 Å². The van der Waals surface area contributed by atoms with Crippen molar-refractivity contribution in [3.05, 3.63) is 22.8 Å². The van der Waals surface area contributed by atoms with Gasteiger partial charge in [-0.25, -0.2) is 4.98 Å². The number of nitrogens with one attached hydrogen (secondary N) is 1. The Morgan fingerprint density at radius 3 is 2.67 bits per heavy atom. The van der Waals surface area contributed by atoms with E-state index in [4.69, 9.17) is 17.3 Å². The minimum atomic E-state index is 0.0208. The lowest BCUT2D eigenvalue weighted by atomic mass is 9.83. The summed E-state index contributed by atoms with van der Waals surface area (Å²) in [6, 6.07) is 2.10. The first-order valence-electron chi connectivity index (χ1n) is 7.92. The van der Waals surface area contributed by atoms with Gasteiger partial charge in [-0.15, -0.1) is 0 Å². The van der Waals surface area contributed by atoms with E-state index in [2.05, 4.69) is 36.0 Å². The number of anilines is 1. The molecule has 2 heterocycles. The second-order valence-electron chi connectivity index (χ2n) is 6.02. The molecule has 1 aromatic heterocycles. The van der Waals surface area contributed by atoms with Crippen molar-refractivity contribution in [3.63, 3.8) is 0 Å². The van der Waals surface area contributed by atoms with Gasteiger partial charge in [-0.3, -0.25) is 4.90 Å². The number of halogens is 1. The summed E-state index contributed by atoms with van der Waals surface area (Å²) in [5.41, 5.74) is 7.18. The number of nitrogens with zero attached hydrogens (tertiary/aromatic N) is 2. The third-order valence-electron chi connectivity index (χ3n) is 4.80. The first-order valence-corrected chi connectivity index (χ1v) is 8.30. The second-order valence-corrected chi connectivity index (χ2v) is 6.46. The highest BCUT2D eigenvalue weighted by molar-refractivity contribution is 6.30. The zero-order chi connectivity index (χ0) is 15.5. The molecule has 1 aromatic rings. The molecular formula is C16H27ClN4. The molecule has 1 fully saturated rings. The topological polar surface area (TPSA) is 54.2 Å². The number of nitrogens with two attached hydrogens (primary N) is 1. The van der Waals surface area contributed by atoms with Gasteiger partial charge in [-0.2, -0.15) is 0 Å². The maximum atomic E-state index is 6.15. The van der Waals surface area contributed by atoms with Crippen LogP contribution in [-0.4, -0.2) is 35.1 Å². The third-order valence-corrected chi connectivity index (χ3v) is 5.01. The van der Waals surface area contributed by atoms with Crippen molar-refractivity contribution >= 4 is 17.4 Å². The molecule has 21 heavy (non-hydrogen) atoms. The zero-order valence-electron chi connectivity index (χ0n) is 13.3. The van der Waals surface area contributed by atoms with Crippen molar-refractivity contribution in [2.45, 2.75) is 51.6 Å². The molecule has 1 saturated heterocycles. The van der Waals surface area contributed by atoms with Crippen molar-refractivity contribution < 1.29 is 0 Å². The fourth-order valence-corrected chi connectivity index (χ4v) is 3.57. The van der Waals surface area contributed by atoms with Crippen LogP contribution in [0.4, 0.5) is 5.82 Å². The van der Waals surface area contributed by atoms with Crippen LogP contribution in [0.25, 0.3) is 0 Å². The Hall–Kier alpha value is -0.840. The van der Waals surface area contributed by atoms with Gasteiger partial charge in [0.2, 0.25) is 0 Å². The predicted molar refractivity (Wildman–Crippen MR) is 89.6 cm³/mol. The number of hydrogen-bond donors (Lipinski definition) is 2. The quantitative estimate of drug-likeness (QED) is 0.847. The largest absolute Gasteiger partial charge is 0.383 e. The molecule has 0 radical (unpaired) electrons. The molecule has 0 bridgehead atoms. The van der Waals surface area contributed by atoms with Gasteiger partial charge >= 0.3 is 0 Å². The fraction of sp³-hybridized carbons (Fsp3) is 0.688. The van der Waals surface area contributed by atoms with Gasteiger partial charge in [0.25, 0.3) is 0 Å². The monoisotopic (exact) mass is 310 g/mol. The van der Waals surface area contributed by atoms with Gasteiger partial charge < -0.3 is 11.1 Å². The molecule has 1 aliphatic rings. The Balaban J connectivity index is 2.42. The molecule has 118 valence electrons. The highest BCUT2D eigenvalue weighted by Crippen LogP contribution is 2.38. The number of likely N-dealkylation sites (tertiary alicyclic amines) is 1. The van der Waals surface area contributed by atoms with Gasteiger partial charge in [0, 0.05) is 17.3 Å². The van der Waals surface area contributed by atoms with E-state index in [-0.39, 0.29) is 11.6 Å². The van der Waals surface area contributed by atoms with Gasteiger partial charge in [0.05, 0.1) is 11.1 Å². The predicted octanol–water partition coefficient (Wildman–Crippen LogP) is 3.23. The van der Waals surface area contributed by atoms with E-state index >= 15 is 0 Å². The SMILES string of the molecule is CCNC(c1cc(Cl)cnc1N)C(C)(CC)N1CCCC1. The van der Waals surface area contributed by atoms with Crippen LogP contribution in [-0.2, 0) is 0 Å². The van der Waals surface area contributed by atoms with Crippen molar-refractivity contribution in [2.75, 3.05) is 25.4 Å². The number of hydrogen-bond acceptors (Lipinski definition) is 4. The van der Waals surface area contributed by atoms with Crippen LogP contribution in [0.3, 0.4) is 0 Å². The molecule has 2 atom stereocenters. The normalized spacial score (nSPS) is 20.4. The van der Waals surface area contributed by atoms with Crippen LogP contribution >= 0.6 is 11.6 Å². The molecule has 5 heteroatoms. The number of likely N-dealkylation sites (N-methyl/N-ethyl adjacent to an activating group) is 1. The lowest BCUT2D eigenvalue weighted by molar-refractivity contribution is 0.0848. The lowest BCUT2D eigenvalue weighted by Gasteiger charge is -2.45. The molecule has 0 amide bonds. The Morgan fingerprint density at radius 1 is 1.43 bits per heavy atom.